The van der Waals surface area contributed by atoms with Crippen LogP contribution in [0.5, 0.6) is 5.75 Å². The number of hydrogen-bond acceptors (Lipinski definition) is 4. The molecule has 0 heterocycles. The van der Waals surface area contributed by atoms with Gasteiger partial charge in [0.05, 0.1) is 12.0 Å². The highest BCUT2D eigenvalue weighted by Crippen LogP contribution is 2.28. The third-order valence-electron chi connectivity index (χ3n) is 3.62. The normalized spacial score (nSPS) is 10.2. The van der Waals surface area contributed by atoms with Gasteiger partial charge in [0.1, 0.15) is 0 Å². The number of nitro benzene ring substituents is 1. The van der Waals surface area contributed by atoms with E-state index in [1.807, 2.05) is 32.0 Å². The third kappa shape index (κ3) is 3.48. The lowest BCUT2D eigenvalue weighted by Gasteiger charge is -2.13. The molecule has 0 aliphatic carbocycles. The van der Waals surface area contributed by atoms with E-state index in [4.69, 9.17) is 4.74 Å². The molecule has 0 fully saturated rings. The predicted molar refractivity (Wildman–Crippen MR) is 88.2 cm³/mol. The highest BCUT2D eigenvalue weighted by molar-refractivity contribution is 6.05. The first-order valence-corrected chi connectivity index (χ1v) is 7.20. The van der Waals surface area contributed by atoms with Crippen LogP contribution in [-0.4, -0.2) is 17.9 Å². The molecule has 0 unspecified atom stereocenters. The average Bonchev–Trinajstić information content (AvgIpc) is 2.55. The summed E-state index contributed by atoms with van der Waals surface area (Å²) in [5.74, 6) is -0.267. The number of nitrogens with zero attached hydrogens (tertiary/aromatic N) is 1. The molecule has 0 saturated carbocycles. The van der Waals surface area contributed by atoms with Crippen molar-refractivity contribution in [3.8, 4) is 5.75 Å². The van der Waals surface area contributed by atoms with Crippen LogP contribution < -0.4 is 10.1 Å². The van der Waals surface area contributed by atoms with E-state index >= 15 is 0 Å². The molecular formula is C17H18N2O4. The molecule has 6 nitrogen and oxygen atoms in total. The summed E-state index contributed by atoms with van der Waals surface area (Å²) in [7, 11) is 1.35. The molecular weight excluding hydrogens is 296 g/mol. The predicted octanol–water partition coefficient (Wildman–Crippen LogP) is 3.73. The topological polar surface area (TPSA) is 81.5 Å². The third-order valence-corrected chi connectivity index (χ3v) is 3.62. The number of aryl methyl sites for hydroxylation is 2. The van der Waals surface area contributed by atoms with Crippen LogP contribution in [-0.2, 0) is 6.42 Å². The van der Waals surface area contributed by atoms with Gasteiger partial charge < -0.3 is 10.1 Å². The number of hydrogen-bond donors (Lipinski definition) is 1. The second kappa shape index (κ2) is 6.91. The van der Waals surface area contributed by atoms with Gasteiger partial charge in [-0.15, -0.1) is 0 Å². The van der Waals surface area contributed by atoms with E-state index in [0.29, 0.717) is 0 Å². The molecule has 0 spiro atoms. The number of amides is 1. The highest BCUT2D eigenvalue weighted by Gasteiger charge is 2.19. The van der Waals surface area contributed by atoms with Gasteiger partial charge in [0.25, 0.3) is 5.91 Å². The maximum Gasteiger partial charge on any atom is 0.311 e. The van der Waals surface area contributed by atoms with Gasteiger partial charge in [0.15, 0.2) is 5.75 Å². The van der Waals surface area contributed by atoms with Crippen LogP contribution in [0.15, 0.2) is 36.4 Å². The summed E-state index contributed by atoms with van der Waals surface area (Å²) >= 11 is 0. The van der Waals surface area contributed by atoms with E-state index < -0.39 is 4.92 Å². The Hall–Kier alpha value is -2.89. The lowest BCUT2D eigenvalue weighted by molar-refractivity contribution is -0.385. The Bertz CT molecular complexity index is 756. The number of carbonyl (C=O) groups is 1. The Kier molecular flexibility index (Phi) is 4.95. The fourth-order valence-electron chi connectivity index (χ4n) is 2.36. The molecule has 0 radical (unpaired) electrons. The first-order valence-electron chi connectivity index (χ1n) is 7.20. The lowest BCUT2D eigenvalue weighted by Crippen LogP contribution is -2.14. The average molecular weight is 314 g/mol. The zero-order chi connectivity index (χ0) is 17.0. The van der Waals surface area contributed by atoms with Crippen molar-refractivity contribution in [1.29, 1.82) is 0 Å². The second-order valence-electron chi connectivity index (χ2n) is 5.06. The number of rotatable bonds is 5. The molecule has 120 valence electrons. The molecule has 2 rings (SSSR count). The molecule has 0 aromatic heterocycles. The van der Waals surface area contributed by atoms with Gasteiger partial charge >= 0.3 is 5.69 Å². The number of anilines is 1. The van der Waals surface area contributed by atoms with Crippen LogP contribution in [0.4, 0.5) is 11.4 Å². The van der Waals surface area contributed by atoms with E-state index in [1.165, 1.54) is 25.3 Å². The number of benzene rings is 2. The molecule has 0 bridgehead atoms. The summed E-state index contributed by atoms with van der Waals surface area (Å²) < 4.78 is 4.94. The van der Waals surface area contributed by atoms with E-state index in [9.17, 15) is 14.9 Å². The summed E-state index contributed by atoms with van der Waals surface area (Å²) in [4.78, 5) is 22.9. The first kappa shape index (κ1) is 16.5. The standard InChI is InChI=1S/C17H18N2O4/c1-4-12-7-5-6-11(2)16(12)18-17(20)13-8-9-15(23-3)14(10-13)19(21)22/h5-10H,4H2,1-3H3,(H,18,20). The monoisotopic (exact) mass is 314 g/mol. The molecule has 0 aliphatic rings. The van der Waals surface area contributed by atoms with Crippen molar-refractivity contribution in [2.45, 2.75) is 20.3 Å². The minimum absolute atomic E-state index is 0.122. The summed E-state index contributed by atoms with van der Waals surface area (Å²) in [5.41, 5.74) is 2.68. The quantitative estimate of drug-likeness (QED) is 0.673. The van der Waals surface area contributed by atoms with Gasteiger partial charge in [-0.1, -0.05) is 25.1 Å². The van der Waals surface area contributed by atoms with Crippen molar-refractivity contribution >= 4 is 17.3 Å². The largest absolute Gasteiger partial charge is 0.490 e. The SMILES string of the molecule is CCc1cccc(C)c1NC(=O)c1ccc(OC)c([N+](=O)[O-])c1. The molecule has 0 atom stereocenters. The molecule has 2 aromatic carbocycles. The lowest BCUT2D eigenvalue weighted by atomic mass is 10.1. The molecule has 1 amide bonds. The first-order chi connectivity index (χ1) is 11.0. The Morgan fingerprint density at radius 2 is 2.04 bits per heavy atom. The Morgan fingerprint density at radius 1 is 1.30 bits per heavy atom. The summed E-state index contributed by atoms with van der Waals surface area (Å²) in [5, 5.41) is 13.9. The van der Waals surface area contributed by atoms with Crippen molar-refractivity contribution in [3.05, 3.63) is 63.2 Å². The van der Waals surface area contributed by atoms with Crippen LogP contribution in [0, 0.1) is 17.0 Å². The minimum atomic E-state index is -0.569. The fourth-order valence-corrected chi connectivity index (χ4v) is 2.36. The Morgan fingerprint density at radius 3 is 2.65 bits per heavy atom. The van der Waals surface area contributed by atoms with Crippen molar-refractivity contribution < 1.29 is 14.5 Å². The van der Waals surface area contributed by atoms with Crippen LogP contribution in [0.2, 0.25) is 0 Å². The van der Waals surface area contributed by atoms with Crippen LogP contribution >= 0.6 is 0 Å². The number of ether oxygens (including phenoxy) is 1. The van der Waals surface area contributed by atoms with Crippen LogP contribution in [0.3, 0.4) is 0 Å². The summed E-state index contributed by atoms with van der Waals surface area (Å²) in [6.45, 7) is 3.91. The molecule has 0 aliphatic heterocycles. The van der Waals surface area contributed by atoms with Gasteiger partial charge in [-0.3, -0.25) is 14.9 Å². The smallest absolute Gasteiger partial charge is 0.311 e. The molecule has 0 saturated heterocycles. The van der Waals surface area contributed by atoms with E-state index in [0.717, 1.165) is 23.2 Å². The maximum absolute atomic E-state index is 12.4. The number of para-hydroxylation sites is 1. The van der Waals surface area contributed by atoms with Gasteiger partial charge in [0.2, 0.25) is 0 Å². The molecule has 1 N–H and O–H groups in total. The number of nitro groups is 1. The number of carbonyl (C=O) groups excluding carboxylic acids is 1. The number of nitrogens with one attached hydrogen (secondary N) is 1. The van der Waals surface area contributed by atoms with Crippen LogP contribution in [0.1, 0.15) is 28.4 Å². The zero-order valence-corrected chi connectivity index (χ0v) is 13.3. The molecule has 2 aromatic rings. The minimum Gasteiger partial charge on any atom is -0.490 e. The van der Waals surface area contributed by atoms with Gasteiger partial charge in [0, 0.05) is 17.3 Å². The van der Waals surface area contributed by atoms with E-state index in [1.54, 1.807) is 0 Å². The van der Waals surface area contributed by atoms with Crippen molar-refractivity contribution in [1.82, 2.24) is 0 Å². The number of methoxy groups -OCH3 is 1. The summed E-state index contributed by atoms with van der Waals surface area (Å²) in [6, 6.07) is 9.93. The van der Waals surface area contributed by atoms with Gasteiger partial charge in [-0.05, 0) is 36.6 Å². The highest BCUT2D eigenvalue weighted by atomic mass is 16.6. The second-order valence-corrected chi connectivity index (χ2v) is 5.06. The zero-order valence-electron chi connectivity index (χ0n) is 13.3. The molecule has 23 heavy (non-hydrogen) atoms. The Labute approximate surface area is 134 Å². The van der Waals surface area contributed by atoms with Crippen molar-refractivity contribution in [3.63, 3.8) is 0 Å². The summed E-state index contributed by atoms with van der Waals surface area (Å²) in [6.07, 6.45) is 0.778. The van der Waals surface area contributed by atoms with Gasteiger partial charge in [-0.25, -0.2) is 0 Å². The van der Waals surface area contributed by atoms with E-state index in [-0.39, 0.29) is 22.9 Å². The van der Waals surface area contributed by atoms with Crippen molar-refractivity contribution in [2.24, 2.45) is 0 Å². The van der Waals surface area contributed by atoms with Crippen LogP contribution in [0.25, 0.3) is 0 Å². The fraction of sp³-hybridized carbons (Fsp3) is 0.235. The molecule has 6 heteroatoms. The Balaban J connectivity index is 2.35. The maximum atomic E-state index is 12.4. The van der Waals surface area contributed by atoms with E-state index in [2.05, 4.69) is 5.32 Å². The van der Waals surface area contributed by atoms with Crippen molar-refractivity contribution in [2.75, 3.05) is 12.4 Å². The van der Waals surface area contributed by atoms with Gasteiger partial charge in [-0.2, -0.15) is 0 Å².